The molecule has 33 heavy (non-hydrogen) atoms. The van der Waals surface area contributed by atoms with Crippen molar-refractivity contribution in [3.8, 4) is 11.5 Å². The molecule has 5 rings (SSSR count). The van der Waals surface area contributed by atoms with Crippen molar-refractivity contribution < 1.29 is 9.47 Å². The quantitative estimate of drug-likeness (QED) is 0.502. The monoisotopic (exact) mass is 447 g/mol. The van der Waals surface area contributed by atoms with Gasteiger partial charge in [-0.1, -0.05) is 12.1 Å². The highest BCUT2D eigenvalue weighted by molar-refractivity contribution is 5.92. The van der Waals surface area contributed by atoms with Gasteiger partial charge in [-0.3, -0.25) is 9.36 Å². The van der Waals surface area contributed by atoms with Crippen LogP contribution in [0.4, 0.5) is 5.82 Å². The Balaban J connectivity index is 1.37. The van der Waals surface area contributed by atoms with Crippen LogP contribution in [-0.2, 0) is 6.54 Å². The van der Waals surface area contributed by atoms with Crippen LogP contribution in [0.1, 0.15) is 12.8 Å². The van der Waals surface area contributed by atoms with Crippen molar-refractivity contribution in [3.05, 3.63) is 63.6 Å². The van der Waals surface area contributed by atoms with E-state index >= 15 is 0 Å². The van der Waals surface area contributed by atoms with Gasteiger partial charge < -0.3 is 19.4 Å². The molecule has 1 fully saturated rings. The average molecular weight is 447 g/mol. The van der Waals surface area contributed by atoms with Gasteiger partial charge in [-0.05, 0) is 37.0 Å². The van der Waals surface area contributed by atoms with E-state index in [0.29, 0.717) is 28.9 Å². The highest BCUT2D eigenvalue weighted by Gasteiger charge is 2.24. The fraction of sp³-hybridized carbons (Fsp3) is 0.333. The average Bonchev–Trinajstić information content (AvgIpc) is 2.85. The molecule has 0 unspecified atom stereocenters. The number of ether oxygens (including phenoxy) is 2. The van der Waals surface area contributed by atoms with E-state index < -0.39 is 0 Å². The molecule has 170 valence electrons. The van der Waals surface area contributed by atoms with E-state index in [2.05, 4.69) is 19.9 Å². The van der Waals surface area contributed by atoms with Crippen molar-refractivity contribution in [1.82, 2.24) is 19.5 Å². The fourth-order valence-electron chi connectivity index (χ4n) is 4.57. The number of benzene rings is 2. The van der Waals surface area contributed by atoms with Crippen LogP contribution in [0.3, 0.4) is 0 Å². The number of hydrogen-bond acceptors (Lipinski definition) is 7. The molecule has 2 aromatic carbocycles. The van der Waals surface area contributed by atoms with Crippen LogP contribution in [-0.4, -0.2) is 46.8 Å². The van der Waals surface area contributed by atoms with Crippen molar-refractivity contribution in [2.45, 2.75) is 19.4 Å². The molecule has 1 aliphatic rings. The van der Waals surface area contributed by atoms with Gasteiger partial charge in [-0.15, -0.1) is 0 Å². The first-order valence-electron chi connectivity index (χ1n) is 10.9. The Morgan fingerprint density at radius 2 is 1.73 bits per heavy atom. The van der Waals surface area contributed by atoms with Crippen molar-refractivity contribution in [1.29, 1.82) is 0 Å². The predicted octanol–water partition coefficient (Wildman–Crippen LogP) is 2.57. The Morgan fingerprint density at radius 3 is 2.48 bits per heavy atom. The second-order valence-electron chi connectivity index (χ2n) is 8.24. The standard InChI is InChI=1S/C24H25N5O4/c1-32-20-11-17-19(12-21(20)33-2)25-14-26-22(17)28-9-7-15(8-10-28)13-29-23(30)16-5-3-4-6-18(16)27-24(29)31/h3-6,11-12,14-15H,7-10,13H2,1-2H3,(H,27,31). The molecule has 0 saturated carbocycles. The number of rotatable bonds is 5. The summed E-state index contributed by atoms with van der Waals surface area (Å²) in [5, 5.41) is 1.43. The van der Waals surface area contributed by atoms with E-state index in [4.69, 9.17) is 9.47 Å². The van der Waals surface area contributed by atoms with Gasteiger partial charge >= 0.3 is 5.69 Å². The molecule has 0 spiro atoms. The van der Waals surface area contributed by atoms with Crippen LogP contribution < -0.4 is 25.6 Å². The maximum absolute atomic E-state index is 12.9. The molecule has 0 bridgehead atoms. The number of hydrogen-bond donors (Lipinski definition) is 1. The summed E-state index contributed by atoms with van der Waals surface area (Å²) in [5.41, 5.74) is 0.763. The van der Waals surface area contributed by atoms with Crippen LogP contribution in [0, 0.1) is 5.92 Å². The number of methoxy groups -OCH3 is 2. The number of anilines is 1. The minimum Gasteiger partial charge on any atom is -0.493 e. The van der Waals surface area contributed by atoms with E-state index in [1.54, 1.807) is 38.7 Å². The first-order chi connectivity index (χ1) is 16.1. The van der Waals surface area contributed by atoms with Crippen LogP contribution in [0.15, 0.2) is 52.3 Å². The molecule has 0 radical (unpaired) electrons. The largest absolute Gasteiger partial charge is 0.493 e. The Morgan fingerprint density at radius 1 is 1.00 bits per heavy atom. The molecule has 0 amide bonds. The lowest BCUT2D eigenvalue weighted by molar-refractivity contribution is 0.347. The van der Waals surface area contributed by atoms with E-state index in [0.717, 1.165) is 42.7 Å². The van der Waals surface area contributed by atoms with Gasteiger partial charge in [0, 0.05) is 31.1 Å². The zero-order chi connectivity index (χ0) is 22.9. The van der Waals surface area contributed by atoms with Crippen LogP contribution in [0.25, 0.3) is 21.8 Å². The van der Waals surface area contributed by atoms with E-state index in [9.17, 15) is 9.59 Å². The van der Waals surface area contributed by atoms with Gasteiger partial charge in [-0.2, -0.15) is 0 Å². The first-order valence-corrected chi connectivity index (χ1v) is 10.9. The predicted molar refractivity (Wildman–Crippen MR) is 126 cm³/mol. The Bertz CT molecular complexity index is 1440. The third kappa shape index (κ3) is 3.79. The topological polar surface area (TPSA) is 102 Å². The number of aromatic nitrogens is 4. The number of fused-ring (bicyclic) bond motifs is 2. The van der Waals surface area contributed by atoms with Gasteiger partial charge in [0.15, 0.2) is 11.5 Å². The summed E-state index contributed by atoms with van der Waals surface area (Å²) >= 11 is 0. The summed E-state index contributed by atoms with van der Waals surface area (Å²) in [6, 6.07) is 10.9. The van der Waals surface area contributed by atoms with E-state index in [1.807, 2.05) is 18.2 Å². The maximum Gasteiger partial charge on any atom is 0.328 e. The SMILES string of the molecule is COc1cc2ncnc(N3CCC(Cn4c(=O)[nH]c5ccccc5c4=O)CC3)c2cc1OC. The molecular formula is C24H25N5O4. The molecule has 0 atom stereocenters. The number of para-hydroxylation sites is 1. The molecule has 3 heterocycles. The third-order valence-corrected chi connectivity index (χ3v) is 6.36. The molecule has 4 aromatic rings. The molecular weight excluding hydrogens is 422 g/mol. The lowest BCUT2D eigenvalue weighted by Gasteiger charge is -2.33. The number of nitrogens with one attached hydrogen (secondary N) is 1. The summed E-state index contributed by atoms with van der Waals surface area (Å²) in [7, 11) is 3.21. The lowest BCUT2D eigenvalue weighted by Crippen LogP contribution is -2.41. The minimum absolute atomic E-state index is 0.226. The number of nitrogens with zero attached hydrogens (tertiary/aromatic N) is 4. The van der Waals surface area contributed by atoms with Crippen molar-refractivity contribution in [2.24, 2.45) is 5.92 Å². The van der Waals surface area contributed by atoms with Gasteiger partial charge in [0.1, 0.15) is 12.1 Å². The summed E-state index contributed by atoms with van der Waals surface area (Å²) in [4.78, 5) is 39.4. The molecule has 1 saturated heterocycles. The third-order valence-electron chi connectivity index (χ3n) is 6.36. The Hall–Kier alpha value is -3.88. The summed E-state index contributed by atoms with van der Waals surface area (Å²) in [6.45, 7) is 1.94. The van der Waals surface area contributed by atoms with Gasteiger partial charge in [-0.25, -0.2) is 14.8 Å². The fourth-order valence-corrected chi connectivity index (χ4v) is 4.57. The molecule has 9 nitrogen and oxygen atoms in total. The van der Waals surface area contributed by atoms with Crippen LogP contribution in [0.2, 0.25) is 0 Å². The number of piperidine rings is 1. The highest BCUT2D eigenvalue weighted by atomic mass is 16.5. The van der Waals surface area contributed by atoms with Crippen molar-refractivity contribution in [2.75, 3.05) is 32.2 Å². The second kappa shape index (κ2) is 8.57. The van der Waals surface area contributed by atoms with Gasteiger partial charge in [0.25, 0.3) is 5.56 Å². The molecule has 9 heteroatoms. The summed E-state index contributed by atoms with van der Waals surface area (Å²) in [6.07, 6.45) is 3.25. The second-order valence-corrected chi connectivity index (χ2v) is 8.24. The minimum atomic E-state index is -0.357. The zero-order valence-corrected chi connectivity index (χ0v) is 18.6. The first kappa shape index (κ1) is 21.0. The van der Waals surface area contributed by atoms with Gasteiger partial charge in [0.05, 0.1) is 30.6 Å². The smallest absolute Gasteiger partial charge is 0.328 e. The van der Waals surface area contributed by atoms with Crippen LogP contribution in [0.5, 0.6) is 11.5 Å². The van der Waals surface area contributed by atoms with Gasteiger partial charge in [0.2, 0.25) is 0 Å². The van der Waals surface area contributed by atoms with Crippen molar-refractivity contribution in [3.63, 3.8) is 0 Å². The maximum atomic E-state index is 12.9. The molecule has 1 N–H and O–H groups in total. The lowest BCUT2D eigenvalue weighted by atomic mass is 9.96. The molecule has 2 aromatic heterocycles. The molecule has 0 aliphatic carbocycles. The highest BCUT2D eigenvalue weighted by Crippen LogP contribution is 2.35. The summed E-state index contributed by atoms with van der Waals surface area (Å²) in [5.74, 6) is 2.33. The van der Waals surface area contributed by atoms with Crippen LogP contribution >= 0.6 is 0 Å². The van der Waals surface area contributed by atoms with Crippen molar-refractivity contribution >= 4 is 27.6 Å². The summed E-state index contributed by atoms with van der Waals surface area (Å²) < 4.78 is 12.2. The Labute approximate surface area is 189 Å². The van der Waals surface area contributed by atoms with E-state index in [-0.39, 0.29) is 17.2 Å². The number of aromatic amines is 1. The normalized spacial score (nSPS) is 14.7. The van der Waals surface area contributed by atoms with E-state index in [1.165, 1.54) is 4.57 Å². The molecule has 1 aliphatic heterocycles. The number of H-pyrrole nitrogens is 1. The zero-order valence-electron chi connectivity index (χ0n) is 18.6. The Kier molecular flexibility index (Phi) is 5.45.